The molecule has 5 unspecified atom stereocenters. The first-order valence-electron chi connectivity index (χ1n) is 45.6. The van der Waals surface area contributed by atoms with E-state index in [2.05, 4.69) is 65.2 Å². The fourth-order valence-electron chi connectivity index (χ4n) is 15.5. The van der Waals surface area contributed by atoms with Crippen molar-refractivity contribution in [3.8, 4) is 0 Å². The van der Waals surface area contributed by atoms with Crippen molar-refractivity contribution in [3.05, 3.63) is 180 Å². The van der Waals surface area contributed by atoms with Crippen LogP contribution in [-0.2, 0) is 74.1 Å². The summed E-state index contributed by atoms with van der Waals surface area (Å²) in [7, 11) is 0. The second-order valence-corrected chi connectivity index (χ2v) is 33.8. The summed E-state index contributed by atoms with van der Waals surface area (Å²) in [5.74, 6) is 0.867. The molecule has 0 aliphatic carbocycles. The molecule has 0 spiro atoms. The number of amides is 4. The Hall–Kier alpha value is -9.65. The largest absolute Gasteiger partial charge is 0.445 e. The van der Waals surface area contributed by atoms with Crippen molar-refractivity contribution >= 4 is 42.6 Å². The van der Waals surface area contributed by atoms with E-state index >= 15 is 0 Å². The molecule has 0 saturated carbocycles. The molecule has 5 saturated heterocycles. The Bertz CT molecular complexity index is 4150. The number of hydrogen-bond donors (Lipinski definition) is 9. The highest BCUT2D eigenvalue weighted by Crippen LogP contribution is 2.34. The maximum absolute atomic E-state index is 12.7. The average Bonchev–Trinajstić information content (AvgIpc) is 1.42. The average molecular weight is 1920 g/mol. The Morgan fingerprint density at radius 2 is 0.806 bits per heavy atom. The minimum Gasteiger partial charge on any atom is -0.445 e. The third-order valence-electron chi connectivity index (χ3n) is 22.5. The number of nitrogen functional groups attached to an aromatic ring is 1. The number of nitrogens with one attached hydrogen (secondary N) is 3. The van der Waals surface area contributed by atoms with Crippen molar-refractivity contribution in [1.82, 2.24) is 60.1 Å². The van der Waals surface area contributed by atoms with E-state index < -0.39 is 58.7 Å². The first kappa shape index (κ1) is 115. The van der Waals surface area contributed by atoms with E-state index in [0.717, 1.165) is 213 Å². The summed E-state index contributed by atoms with van der Waals surface area (Å²) in [5.41, 5.74) is 6.01. The summed E-state index contributed by atoms with van der Waals surface area (Å²) in [6.07, 6.45) is -0.0951. The molecule has 134 heavy (non-hydrogen) atoms. The number of ether oxygens (including phenoxy) is 4. The number of carbonyl (C=O) groups is 5. The molecule has 28 nitrogen and oxygen atoms in total. The number of aliphatic hydroxyl groups is 5. The maximum Gasteiger partial charge on any atom is 0.416 e. The van der Waals surface area contributed by atoms with Gasteiger partial charge >= 0.3 is 49.1 Å². The van der Waals surface area contributed by atoms with E-state index in [1.54, 1.807) is 49.9 Å². The Labute approximate surface area is 778 Å². The lowest BCUT2D eigenvalue weighted by molar-refractivity contribution is -0.138. The minimum absolute atomic E-state index is 0.0412. The molecule has 752 valence electrons. The maximum atomic E-state index is 12.7. The number of H-pyrrole nitrogens is 1. The molecule has 4 aromatic carbocycles. The normalized spacial score (nSPS) is 18.1. The number of benzene rings is 4. The molecule has 5 aromatic rings. The molecule has 0 bridgehead atoms. The van der Waals surface area contributed by atoms with Crippen LogP contribution in [0.15, 0.2) is 135 Å². The Morgan fingerprint density at radius 3 is 1.19 bits per heavy atom. The van der Waals surface area contributed by atoms with Crippen LogP contribution in [0.2, 0.25) is 0 Å². The van der Waals surface area contributed by atoms with E-state index in [0.29, 0.717) is 109 Å². The molecule has 5 aliphatic rings. The van der Waals surface area contributed by atoms with Gasteiger partial charge in [0.25, 0.3) is 0 Å². The number of carbonyl (C=O) groups excluding carboxylic acids is 5. The summed E-state index contributed by atoms with van der Waals surface area (Å²) >= 11 is 0. The second kappa shape index (κ2) is 60.7. The molecule has 5 fully saturated rings. The number of aromatic amines is 1. The fraction of sp³-hybridized carbons (Fsp3) is 0.606. The number of aryl methyl sites for hydroxylation is 4. The zero-order valence-electron chi connectivity index (χ0n) is 77.2. The molecule has 40 heteroatoms. The summed E-state index contributed by atoms with van der Waals surface area (Å²) in [6.45, 7) is 30.1. The molecule has 4 amide bonds. The first-order chi connectivity index (χ1) is 63.8. The van der Waals surface area contributed by atoms with Crippen molar-refractivity contribution < 1.29 is 121 Å². The smallest absolute Gasteiger partial charge is 0.416 e. The quantitative estimate of drug-likeness (QED) is 0.00772. The Kier molecular flexibility index (Phi) is 52.1. The van der Waals surface area contributed by atoms with E-state index in [4.69, 9.17) is 45.1 Å². The lowest BCUT2D eigenvalue weighted by Gasteiger charge is -2.41. The van der Waals surface area contributed by atoms with Crippen LogP contribution < -0.4 is 21.3 Å². The summed E-state index contributed by atoms with van der Waals surface area (Å²) in [5, 5.41) is 58.6. The van der Waals surface area contributed by atoms with Crippen LogP contribution >= 0.6 is 0 Å². The monoisotopic (exact) mass is 1920 g/mol. The molecule has 10 N–H and O–H groups in total. The number of aliphatic hydroxyl groups excluding tert-OH is 5. The Balaban J connectivity index is 0.000000289. The fourth-order valence-corrected chi connectivity index (χ4v) is 15.5. The number of rotatable bonds is 37. The van der Waals surface area contributed by atoms with Crippen molar-refractivity contribution in [2.45, 2.75) is 197 Å². The molecular weight excluding hydrogens is 1780 g/mol. The summed E-state index contributed by atoms with van der Waals surface area (Å²) in [4.78, 5) is 77.9. The van der Waals surface area contributed by atoms with Gasteiger partial charge in [-0.3, -0.25) is 14.7 Å². The van der Waals surface area contributed by atoms with Gasteiger partial charge in [-0.2, -0.15) is 57.7 Å². The van der Waals surface area contributed by atoms with Gasteiger partial charge in [0.05, 0.1) is 28.3 Å². The molecule has 5 atom stereocenters. The predicted octanol–water partition coefficient (Wildman–Crippen LogP) is 13.9. The summed E-state index contributed by atoms with van der Waals surface area (Å²) < 4.78 is 170. The van der Waals surface area contributed by atoms with Gasteiger partial charge in [0, 0.05) is 162 Å². The van der Waals surface area contributed by atoms with Gasteiger partial charge in [0.1, 0.15) is 31.7 Å². The number of nitrogens with two attached hydrogens (primary N) is 1. The number of alkyl halides is 12. The molecular formula is C94H138F12N14O14. The van der Waals surface area contributed by atoms with Crippen LogP contribution in [0.5, 0.6) is 0 Å². The number of aldehydes is 1. The van der Waals surface area contributed by atoms with Crippen LogP contribution in [0.25, 0.3) is 0 Å². The van der Waals surface area contributed by atoms with Crippen molar-refractivity contribution in [2.24, 2.45) is 0 Å². The topological polar surface area (TPSA) is 341 Å². The molecule has 5 aliphatic heterocycles. The predicted molar refractivity (Wildman–Crippen MR) is 487 cm³/mol. The van der Waals surface area contributed by atoms with Gasteiger partial charge in [-0.1, -0.05) is 86.5 Å². The highest BCUT2D eigenvalue weighted by molar-refractivity contribution is 5.71. The van der Waals surface area contributed by atoms with Crippen LogP contribution in [0.4, 0.5) is 83.8 Å². The molecule has 6 heterocycles. The van der Waals surface area contributed by atoms with Crippen LogP contribution in [0.3, 0.4) is 0 Å². The lowest BCUT2D eigenvalue weighted by atomic mass is 10.0. The van der Waals surface area contributed by atoms with E-state index in [9.17, 15) is 81.8 Å². The van der Waals surface area contributed by atoms with Gasteiger partial charge in [-0.05, 0) is 220 Å². The van der Waals surface area contributed by atoms with Gasteiger partial charge in [-0.25, -0.2) is 24.3 Å². The minimum atomic E-state index is -4.31. The van der Waals surface area contributed by atoms with Gasteiger partial charge < -0.3 is 90.1 Å². The Morgan fingerprint density at radius 1 is 0.440 bits per heavy atom. The lowest BCUT2D eigenvalue weighted by Crippen LogP contribution is -2.57. The SMILES string of the molecule is C=CCOC(=O)N1CCN(C(=O)OC(C)(C)C)C(CCCO)C1.C=CCOC(=O)N1CCN(CCCc2ccc(C(F)(F)F)cc2)C(CCCO)C1.C=CCOC(=O)N1CCNC(CCCO)C1.Nc1nc(N2CCN(CCCc3ccc(C(F)(F)F)cc3)C(CCCO)C2)n[nH]1.O=CCCc1ccc(C(F)(F)F)cc1.OCCCC1CNCCN1CCCc1ccc(C(F)(F)F)cc1. The van der Waals surface area contributed by atoms with Gasteiger partial charge in [-0.15, -0.1) is 5.10 Å². The van der Waals surface area contributed by atoms with E-state index in [1.165, 1.54) is 36.4 Å². The first-order valence-corrected chi connectivity index (χ1v) is 45.6. The number of anilines is 2. The molecule has 10 rings (SSSR count). The van der Waals surface area contributed by atoms with Gasteiger partial charge in [0.2, 0.25) is 11.9 Å². The molecule has 1 aromatic heterocycles. The van der Waals surface area contributed by atoms with Crippen LogP contribution in [-0.4, -0.2) is 312 Å². The number of nitrogens with zero attached hydrogens (tertiary/aromatic N) is 10. The zero-order chi connectivity index (χ0) is 98.7. The van der Waals surface area contributed by atoms with Crippen molar-refractivity contribution in [1.29, 1.82) is 0 Å². The van der Waals surface area contributed by atoms with E-state index in [1.807, 2.05) is 20.8 Å². The van der Waals surface area contributed by atoms with Crippen molar-refractivity contribution in [2.75, 3.05) is 181 Å². The van der Waals surface area contributed by atoms with Crippen LogP contribution in [0, 0.1) is 0 Å². The third kappa shape index (κ3) is 44.0. The highest BCUT2D eigenvalue weighted by atomic mass is 19.4. The van der Waals surface area contributed by atoms with Crippen molar-refractivity contribution in [3.63, 3.8) is 0 Å². The number of piperazine rings is 5. The third-order valence-corrected chi connectivity index (χ3v) is 22.5. The number of aromatic nitrogens is 3. The van der Waals surface area contributed by atoms with E-state index in [-0.39, 0.29) is 101 Å². The summed E-state index contributed by atoms with van der Waals surface area (Å²) in [6, 6.07) is 21.9. The zero-order valence-corrected chi connectivity index (χ0v) is 77.2. The van der Waals surface area contributed by atoms with Crippen LogP contribution in [0.1, 0.15) is 155 Å². The molecule has 0 radical (unpaired) electrons. The second-order valence-electron chi connectivity index (χ2n) is 33.8. The highest BCUT2D eigenvalue weighted by Gasteiger charge is 2.38. The number of halogens is 12. The number of hydrogen-bond acceptors (Lipinski definition) is 23. The van der Waals surface area contributed by atoms with Gasteiger partial charge in [0.15, 0.2) is 0 Å². The standard InChI is InChI=1S/C21H29F3N2O3.C19H27F3N6O.C17H25F3N2O.C16H28N2O5.C11H20N2O3.C10H9F3O/c1-2-15-29-20(28)26-13-12-25(19(16-26)6-4-14-27)11-3-5-17-7-9-18(10-8-17)21(22,23)24;20-19(21,22)15-7-5-14(6-8-15)3-1-9-27-10-11-28(13-16(27)4-2-12-29)18-24-17(23)25-26-18;18-17(19,20)15-7-5-14(6-8-15)3-1-10-22-11-9-21-13-16(22)4-2-12-23;1-5-11-22-14(20)17-8-9-18(13(12-17)7-6-10-19)15(21)23-16(2,3)4;1-2-8-16-11(15)13-6-5-12-10(9-13)4-3-7-14;11-10(12,13)9-5-3-8(4-6-9)2-1-7-14/h2,7-10,19,27H,1,3-6,11-16H2;5-8,16,29H,1-4,9-13H2,(H3,23,24,25,26);5-8,16,21,23H,1-4,9-13H2;5,13,19H,1,6-12H2,2-4H3;2,10,12,14H,1,3-9H2;3-7H,1-2H2.